The smallest absolute Gasteiger partial charge is 0.165 e. The van der Waals surface area contributed by atoms with Crippen LogP contribution in [0, 0.1) is 0 Å². The SMILES string of the molecule is IC=N/C(=N\I)c1ccncc1. The van der Waals surface area contributed by atoms with E-state index < -0.39 is 0 Å². The van der Waals surface area contributed by atoms with Gasteiger partial charge in [0.1, 0.15) is 0 Å². The van der Waals surface area contributed by atoms with Gasteiger partial charge in [0.25, 0.3) is 0 Å². The van der Waals surface area contributed by atoms with Gasteiger partial charge < -0.3 is 0 Å². The van der Waals surface area contributed by atoms with Crippen molar-refractivity contribution in [2.75, 3.05) is 0 Å². The van der Waals surface area contributed by atoms with Crippen molar-refractivity contribution in [1.29, 1.82) is 0 Å². The summed E-state index contributed by atoms with van der Waals surface area (Å²) in [6, 6.07) is 3.75. The molecule has 3 nitrogen and oxygen atoms in total. The largest absolute Gasteiger partial charge is 0.265 e. The average molecular weight is 385 g/mol. The van der Waals surface area contributed by atoms with E-state index in [2.05, 4.69) is 35.8 Å². The Morgan fingerprint density at radius 3 is 2.58 bits per heavy atom. The standard InChI is InChI=1S/C7H5I2N3/c8-5-11-7(12-9)6-1-3-10-4-2-6/h1-5H/b11-5?,12-7-. The minimum absolute atomic E-state index is 0.715. The summed E-state index contributed by atoms with van der Waals surface area (Å²) in [5.41, 5.74) is 0.979. The molecule has 0 N–H and O–H groups in total. The molecule has 1 heterocycles. The zero-order chi connectivity index (χ0) is 8.81. The van der Waals surface area contributed by atoms with Gasteiger partial charge in [-0.25, -0.2) is 4.99 Å². The molecule has 62 valence electrons. The molecule has 0 aliphatic carbocycles. The first-order valence-electron chi connectivity index (χ1n) is 3.10. The van der Waals surface area contributed by atoms with Crippen LogP contribution in [0.2, 0.25) is 0 Å². The van der Waals surface area contributed by atoms with E-state index in [-0.39, 0.29) is 0 Å². The first-order valence-corrected chi connectivity index (χ1v) is 5.31. The van der Waals surface area contributed by atoms with E-state index in [0.717, 1.165) is 5.56 Å². The second-order valence-electron chi connectivity index (χ2n) is 1.87. The molecule has 0 atom stereocenters. The van der Waals surface area contributed by atoms with Crippen LogP contribution >= 0.6 is 45.5 Å². The van der Waals surface area contributed by atoms with Crippen molar-refractivity contribution in [1.82, 2.24) is 4.98 Å². The molecular weight excluding hydrogens is 380 g/mol. The van der Waals surface area contributed by atoms with Gasteiger partial charge in [0.15, 0.2) is 5.84 Å². The van der Waals surface area contributed by atoms with Gasteiger partial charge in [0.2, 0.25) is 0 Å². The van der Waals surface area contributed by atoms with Crippen LogP contribution in [0.15, 0.2) is 32.7 Å². The number of hydrogen-bond donors (Lipinski definition) is 0. The van der Waals surface area contributed by atoms with Crippen molar-refractivity contribution >= 4 is 55.5 Å². The molecule has 0 saturated heterocycles. The van der Waals surface area contributed by atoms with Crippen molar-refractivity contribution < 1.29 is 0 Å². The lowest BCUT2D eigenvalue weighted by atomic mass is 10.2. The summed E-state index contributed by atoms with van der Waals surface area (Å²) >= 11 is 3.99. The van der Waals surface area contributed by atoms with Gasteiger partial charge in [-0.15, -0.1) is 0 Å². The maximum Gasteiger partial charge on any atom is 0.165 e. The number of aromatic nitrogens is 1. The molecular formula is C7H5I2N3. The molecule has 12 heavy (non-hydrogen) atoms. The van der Waals surface area contributed by atoms with E-state index in [1.54, 1.807) is 16.6 Å². The molecule has 0 amide bonds. The molecule has 5 heteroatoms. The lowest BCUT2D eigenvalue weighted by molar-refractivity contribution is 1.32. The third-order valence-electron chi connectivity index (χ3n) is 1.19. The van der Waals surface area contributed by atoms with E-state index in [9.17, 15) is 0 Å². The quantitative estimate of drug-likeness (QED) is 0.416. The molecule has 1 aromatic heterocycles. The van der Waals surface area contributed by atoms with Crippen LogP contribution in [0.5, 0.6) is 0 Å². The van der Waals surface area contributed by atoms with E-state index in [1.165, 1.54) is 0 Å². The van der Waals surface area contributed by atoms with Crippen molar-refractivity contribution in [3.63, 3.8) is 0 Å². The van der Waals surface area contributed by atoms with Crippen molar-refractivity contribution in [3.05, 3.63) is 30.1 Å². The van der Waals surface area contributed by atoms with Crippen LogP contribution in [0.3, 0.4) is 0 Å². The maximum absolute atomic E-state index is 4.09. The minimum Gasteiger partial charge on any atom is -0.265 e. The predicted octanol–water partition coefficient (Wildman–Crippen LogP) is 2.64. The lowest BCUT2D eigenvalue weighted by Crippen LogP contribution is -1.94. The fraction of sp³-hybridized carbons (Fsp3) is 0. The Hall–Kier alpha value is -0.0500. The molecule has 0 spiro atoms. The number of rotatable bonds is 1. The van der Waals surface area contributed by atoms with Gasteiger partial charge in [0, 0.05) is 18.0 Å². The first kappa shape index (κ1) is 10.0. The van der Waals surface area contributed by atoms with Crippen molar-refractivity contribution in [2.24, 2.45) is 8.20 Å². The predicted molar refractivity (Wildman–Crippen MR) is 67.3 cm³/mol. The Morgan fingerprint density at radius 1 is 1.42 bits per heavy atom. The topological polar surface area (TPSA) is 37.6 Å². The molecule has 0 fully saturated rings. The summed E-state index contributed by atoms with van der Waals surface area (Å²) in [6.45, 7) is 0. The molecule has 1 aromatic rings. The van der Waals surface area contributed by atoms with Gasteiger partial charge in [-0.05, 0) is 34.7 Å². The Morgan fingerprint density at radius 2 is 2.08 bits per heavy atom. The summed E-state index contributed by atoms with van der Waals surface area (Å²) in [4.78, 5) is 8.00. The van der Waals surface area contributed by atoms with E-state index in [4.69, 9.17) is 0 Å². The average Bonchev–Trinajstić information content (AvgIpc) is 2.15. The minimum atomic E-state index is 0.715. The van der Waals surface area contributed by atoms with Crippen molar-refractivity contribution in [3.8, 4) is 0 Å². The lowest BCUT2D eigenvalue weighted by Gasteiger charge is -1.95. The highest BCUT2D eigenvalue weighted by Gasteiger charge is 1.97. The second kappa shape index (κ2) is 5.57. The van der Waals surface area contributed by atoms with Gasteiger partial charge in [-0.1, -0.05) is 0 Å². The fourth-order valence-electron chi connectivity index (χ4n) is 0.692. The highest BCUT2D eigenvalue weighted by Crippen LogP contribution is 2.03. The molecule has 0 aromatic carbocycles. The highest BCUT2D eigenvalue weighted by molar-refractivity contribution is 14.1. The Kier molecular flexibility index (Phi) is 4.66. The fourth-order valence-corrected chi connectivity index (χ4v) is 1.36. The Labute approximate surface area is 98.1 Å². The Balaban J connectivity index is 2.97. The summed E-state index contributed by atoms with van der Waals surface area (Å²) in [5.74, 6) is 0.715. The van der Waals surface area contributed by atoms with Gasteiger partial charge in [0.05, 0.1) is 27.1 Å². The molecule has 0 aliphatic heterocycles. The van der Waals surface area contributed by atoms with Crippen molar-refractivity contribution in [2.45, 2.75) is 0 Å². The summed E-state index contributed by atoms with van der Waals surface area (Å²) in [5, 5.41) is 0. The zero-order valence-electron chi connectivity index (χ0n) is 5.98. The molecule has 0 saturated carbocycles. The number of nitrogens with zero attached hydrogens (tertiary/aromatic N) is 3. The summed E-state index contributed by atoms with van der Waals surface area (Å²) in [6.07, 6.45) is 3.44. The van der Waals surface area contributed by atoms with Gasteiger partial charge >= 0.3 is 0 Å². The number of pyridine rings is 1. The highest BCUT2D eigenvalue weighted by atomic mass is 127. The second-order valence-corrected chi connectivity index (χ2v) is 2.91. The van der Waals surface area contributed by atoms with Crippen LogP contribution in [0.4, 0.5) is 0 Å². The van der Waals surface area contributed by atoms with Crippen LogP contribution in [0.1, 0.15) is 5.56 Å². The number of halogens is 2. The van der Waals surface area contributed by atoms with Gasteiger partial charge in [-0.2, -0.15) is 3.21 Å². The molecule has 0 bridgehead atoms. The molecule has 0 aliphatic rings. The monoisotopic (exact) mass is 385 g/mol. The molecule has 0 radical (unpaired) electrons. The summed E-state index contributed by atoms with van der Waals surface area (Å²) in [7, 11) is 0. The summed E-state index contributed by atoms with van der Waals surface area (Å²) < 4.78 is 5.69. The first-order chi connectivity index (χ1) is 5.88. The van der Waals surface area contributed by atoms with Crippen LogP contribution in [-0.2, 0) is 0 Å². The zero-order valence-corrected chi connectivity index (χ0v) is 10.3. The maximum atomic E-state index is 4.09. The normalized spacial score (nSPS) is 12.3. The molecule has 0 unspecified atom stereocenters. The third-order valence-corrected chi connectivity index (χ3v) is 1.93. The van der Waals surface area contributed by atoms with Crippen LogP contribution in [0.25, 0.3) is 0 Å². The van der Waals surface area contributed by atoms with E-state index >= 15 is 0 Å². The van der Waals surface area contributed by atoms with Crippen LogP contribution < -0.4 is 0 Å². The van der Waals surface area contributed by atoms with E-state index in [1.807, 2.05) is 35.0 Å². The van der Waals surface area contributed by atoms with Crippen LogP contribution in [-0.4, -0.2) is 15.0 Å². The third kappa shape index (κ3) is 2.77. The number of aliphatic imine (C=N–C) groups is 1. The number of amidine groups is 1. The molecule has 1 rings (SSSR count). The number of hydrogen-bond acceptors (Lipinski definition) is 2. The Bertz CT molecular complexity index is 295. The van der Waals surface area contributed by atoms with Gasteiger partial charge in [-0.3, -0.25) is 4.98 Å². The van der Waals surface area contributed by atoms with E-state index in [0.29, 0.717) is 5.84 Å².